The van der Waals surface area contributed by atoms with E-state index >= 15 is 0 Å². The van der Waals surface area contributed by atoms with Crippen LogP contribution in [0.4, 0.5) is 10.1 Å². The smallest absolute Gasteiger partial charge is 0.305 e. The largest absolute Gasteiger partial charge is 0.488 e. The number of halogens is 1. The van der Waals surface area contributed by atoms with Crippen LogP contribution in [-0.2, 0) is 24.3 Å². The van der Waals surface area contributed by atoms with Gasteiger partial charge in [0, 0.05) is 38.0 Å². The molecule has 0 bridgehead atoms. The van der Waals surface area contributed by atoms with E-state index in [-0.39, 0.29) is 60.1 Å². The van der Waals surface area contributed by atoms with Crippen molar-refractivity contribution in [3.63, 3.8) is 0 Å². The number of hydrogen-bond acceptors (Lipinski definition) is 8. The van der Waals surface area contributed by atoms with Crippen LogP contribution in [0.2, 0.25) is 0 Å². The van der Waals surface area contributed by atoms with E-state index in [4.69, 9.17) is 9.47 Å². The van der Waals surface area contributed by atoms with Crippen molar-refractivity contribution in [2.75, 3.05) is 38.7 Å². The van der Waals surface area contributed by atoms with E-state index in [1.807, 2.05) is 6.92 Å². The molecule has 1 aliphatic heterocycles. The topological polar surface area (TPSA) is 143 Å². The summed E-state index contributed by atoms with van der Waals surface area (Å²) in [5, 5.41) is 12.7. The number of carbonyl (C=O) groups is 3. The van der Waals surface area contributed by atoms with Gasteiger partial charge in [-0.3, -0.25) is 14.4 Å². The predicted octanol–water partition coefficient (Wildman–Crippen LogP) is 3.82. The second-order valence-corrected chi connectivity index (χ2v) is 13.0. The number of hydrogen-bond donors (Lipinski definition) is 2. The van der Waals surface area contributed by atoms with Crippen molar-refractivity contribution in [3.05, 3.63) is 53.8 Å². The molecule has 11 nitrogen and oxygen atoms in total. The fourth-order valence-electron chi connectivity index (χ4n) is 4.84. The van der Waals surface area contributed by atoms with Crippen LogP contribution in [0, 0.1) is 11.7 Å². The normalized spacial score (nSPS) is 17.7. The van der Waals surface area contributed by atoms with Gasteiger partial charge in [-0.2, -0.15) is 4.31 Å². The number of sulfonamides is 1. The third kappa shape index (κ3) is 9.23. The fraction of sp³-hybridized carbons (Fsp3) is 0.516. The molecule has 242 valence electrons. The first-order valence-electron chi connectivity index (χ1n) is 14.8. The van der Waals surface area contributed by atoms with Crippen LogP contribution in [0.3, 0.4) is 0 Å². The van der Waals surface area contributed by atoms with Gasteiger partial charge < -0.3 is 24.8 Å². The maximum absolute atomic E-state index is 13.7. The van der Waals surface area contributed by atoms with Gasteiger partial charge in [-0.15, -0.1) is 0 Å². The molecule has 0 fully saturated rings. The number of benzene rings is 2. The second kappa shape index (κ2) is 16.0. The van der Waals surface area contributed by atoms with Gasteiger partial charge >= 0.3 is 5.97 Å². The highest BCUT2D eigenvalue weighted by atomic mass is 32.2. The molecule has 3 atom stereocenters. The molecule has 0 radical (unpaired) electrons. The Morgan fingerprint density at radius 1 is 1.16 bits per heavy atom. The van der Waals surface area contributed by atoms with Crippen molar-refractivity contribution in [1.29, 1.82) is 0 Å². The lowest BCUT2D eigenvalue weighted by molar-refractivity contribution is -0.143. The van der Waals surface area contributed by atoms with E-state index < -0.39 is 33.9 Å². The molecule has 44 heavy (non-hydrogen) atoms. The maximum Gasteiger partial charge on any atom is 0.305 e. The zero-order valence-corrected chi connectivity index (χ0v) is 26.4. The highest BCUT2D eigenvalue weighted by Gasteiger charge is 2.35. The van der Waals surface area contributed by atoms with Crippen LogP contribution in [-0.4, -0.2) is 86.0 Å². The molecule has 3 rings (SSSR count). The summed E-state index contributed by atoms with van der Waals surface area (Å²) in [4.78, 5) is 39.2. The minimum atomic E-state index is -3.97. The van der Waals surface area contributed by atoms with Crippen LogP contribution in [0.15, 0.2) is 47.4 Å². The number of nitrogens with zero attached hydrogens (tertiary/aromatic N) is 2. The molecule has 0 spiro atoms. The zero-order chi connectivity index (χ0) is 32.4. The number of aliphatic hydroxyl groups excluding tert-OH is 1. The van der Waals surface area contributed by atoms with Crippen LogP contribution < -0.4 is 10.1 Å². The first kappa shape index (κ1) is 34.9. The average molecular weight is 636 g/mol. The van der Waals surface area contributed by atoms with Gasteiger partial charge in [0.25, 0.3) is 5.91 Å². The number of carbonyl (C=O) groups excluding carboxylic acids is 3. The molecular formula is C31H42FN3O8S. The number of fused-ring (bicyclic) bond motifs is 1. The first-order chi connectivity index (χ1) is 20.9. The second-order valence-electron chi connectivity index (χ2n) is 11.0. The Labute approximate surface area is 258 Å². The lowest BCUT2D eigenvalue weighted by Gasteiger charge is -2.38. The van der Waals surface area contributed by atoms with Crippen molar-refractivity contribution in [2.45, 2.75) is 69.9 Å². The minimum Gasteiger partial charge on any atom is -0.488 e. The van der Waals surface area contributed by atoms with E-state index in [9.17, 15) is 32.3 Å². The van der Waals surface area contributed by atoms with E-state index in [0.717, 1.165) is 16.4 Å². The van der Waals surface area contributed by atoms with Crippen molar-refractivity contribution in [2.24, 2.45) is 5.92 Å². The quantitative estimate of drug-likeness (QED) is 0.236. The van der Waals surface area contributed by atoms with Gasteiger partial charge in [0.15, 0.2) is 0 Å². The lowest BCUT2D eigenvalue weighted by Crippen LogP contribution is -2.50. The highest BCUT2D eigenvalue weighted by molar-refractivity contribution is 7.89. The Kier molecular flexibility index (Phi) is 12.7. The Bertz CT molecular complexity index is 1400. The summed E-state index contributed by atoms with van der Waals surface area (Å²) in [7, 11) is -2.56. The number of rotatable bonds is 14. The monoisotopic (exact) mass is 635 g/mol. The number of unbranched alkanes of at least 4 members (excludes halogenated alkanes) is 2. The fourth-order valence-corrected chi connectivity index (χ4v) is 6.03. The summed E-state index contributed by atoms with van der Waals surface area (Å²) >= 11 is 0. The van der Waals surface area contributed by atoms with Crippen LogP contribution in [0.5, 0.6) is 5.75 Å². The van der Waals surface area contributed by atoms with Crippen LogP contribution in [0.25, 0.3) is 0 Å². The van der Waals surface area contributed by atoms with Gasteiger partial charge in [0.05, 0.1) is 36.3 Å². The summed E-state index contributed by atoms with van der Waals surface area (Å²) < 4.78 is 52.1. The first-order valence-corrected chi connectivity index (χ1v) is 16.2. The Balaban J connectivity index is 1.77. The SMILES string of the molecule is CCOC(=O)CCCCCC(=O)Nc1ccc2c(c1)C(=O)N([C@@H](C)CO)C[C@H](C)[C@H](CN(C)S(=O)(=O)c1ccc(F)cc1)O2. The van der Waals surface area contributed by atoms with Gasteiger partial charge in [-0.25, -0.2) is 12.8 Å². The summed E-state index contributed by atoms with van der Waals surface area (Å²) in [5.74, 6) is -1.58. The molecule has 0 saturated heterocycles. The molecule has 0 aromatic heterocycles. The highest BCUT2D eigenvalue weighted by Crippen LogP contribution is 2.31. The predicted molar refractivity (Wildman–Crippen MR) is 162 cm³/mol. The number of ether oxygens (including phenoxy) is 2. The number of nitrogens with one attached hydrogen (secondary N) is 1. The van der Waals surface area contributed by atoms with Gasteiger partial charge in [0.1, 0.15) is 17.7 Å². The number of anilines is 1. The molecule has 0 aliphatic carbocycles. The van der Waals surface area contributed by atoms with Crippen LogP contribution >= 0.6 is 0 Å². The molecule has 2 aromatic rings. The minimum absolute atomic E-state index is 0.0645. The van der Waals surface area contributed by atoms with Gasteiger partial charge in [-0.05, 0) is 69.2 Å². The summed E-state index contributed by atoms with van der Waals surface area (Å²) in [6.45, 7) is 5.45. The molecule has 13 heteroatoms. The van der Waals surface area contributed by atoms with E-state index in [1.54, 1.807) is 26.0 Å². The van der Waals surface area contributed by atoms with Crippen molar-refractivity contribution < 1.29 is 41.8 Å². The number of amides is 2. The molecular weight excluding hydrogens is 593 g/mol. The maximum atomic E-state index is 13.7. The molecule has 1 heterocycles. The average Bonchev–Trinajstić information content (AvgIpc) is 2.98. The number of esters is 1. The van der Waals surface area contributed by atoms with Crippen LogP contribution in [0.1, 0.15) is 63.2 Å². The van der Waals surface area contributed by atoms with Crippen molar-refractivity contribution >= 4 is 33.5 Å². The molecule has 1 aliphatic rings. The molecule has 2 N–H and O–H groups in total. The van der Waals surface area contributed by atoms with E-state index in [2.05, 4.69) is 5.32 Å². The number of likely N-dealkylation sites (N-methyl/N-ethyl adjacent to an activating group) is 1. The molecule has 0 saturated carbocycles. The van der Waals surface area contributed by atoms with Crippen molar-refractivity contribution in [1.82, 2.24) is 9.21 Å². The molecule has 2 amide bonds. The number of aliphatic hydroxyl groups is 1. The summed E-state index contributed by atoms with van der Waals surface area (Å²) in [6.07, 6.45) is 1.72. The lowest BCUT2D eigenvalue weighted by atomic mass is 9.99. The molecule has 0 unspecified atom stereocenters. The van der Waals surface area contributed by atoms with Crippen molar-refractivity contribution in [3.8, 4) is 5.75 Å². The van der Waals surface area contributed by atoms with Gasteiger partial charge in [-0.1, -0.05) is 13.3 Å². The van der Waals surface area contributed by atoms with Gasteiger partial charge in [0.2, 0.25) is 15.9 Å². The standard InChI is InChI=1S/C31H42FN3O8S/c1-5-42-30(38)10-8-6-7-9-29(37)33-24-13-16-27-26(17-24)31(39)35(22(3)20-36)18-21(2)28(43-27)19-34(4)44(40,41)25-14-11-23(32)12-15-25/h11-17,21-22,28,36H,5-10,18-20H2,1-4H3,(H,33,37)/t21-,22-,28-/m0/s1. The Morgan fingerprint density at radius 2 is 1.84 bits per heavy atom. The summed E-state index contributed by atoms with van der Waals surface area (Å²) in [5.41, 5.74) is 0.550. The third-order valence-corrected chi connectivity index (χ3v) is 9.34. The zero-order valence-electron chi connectivity index (χ0n) is 25.6. The Hall–Kier alpha value is -3.55. The summed E-state index contributed by atoms with van der Waals surface area (Å²) in [6, 6.07) is 8.69. The van der Waals surface area contributed by atoms with E-state index in [1.165, 1.54) is 30.1 Å². The third-order valence-electron chi connectivity index (χ3n) is 7.50. The Morgan fingerprint density at radius 3 is 2.50 bits per heavy atom. The molecule has 2 aromatic carbocycles. The van der Waals surface area contributed by atoms with E-state index in [0.29, 0.717) is 38.0 Å².